The average molecular weight is 486 g/mol. The number of benzene rings is 1. The number of piperidine rings is 1. The second kappa shape index (κ2) is 10.0. The molecule has 33 heavy (non-hydrogen) atoms. The van der Waals surface area contributed by atoms with Crippen LogP contribution in [0.4, 0.5) is 0 Å². The van der Waals surface area contributed by atoms with Crippen LogP contribution in [0.25, 0.3) is 0 Å². The molecule has 7 nitrogen and oxygen atoms in total. The van der Waals surface area contributed by atoms with Gasteiger partial charge < -0.3 is 10.1 Å². The molecule has 0 aliphatic carbocycles. The van der Waals surface area contributed by atoms with Crippen LogP contribution in [0.2, 0.25) is 0 Å². The molecule has 1 aliphatic heterocycles. The first-order valence-corrected chi connectivity index (χ1v) is 13.2. The standard InChI is InChI=1S/C24H27N3O4S2/c1-17-8-9-18(2)21(14-17)31-22-11-10-19(15-25-22)16-26-24(28)20-6-3-4-12-27(20)33(29,30)23-7-5-13-32-23/h5,7-11,13-15,20H,3-4,6,12,16H2,1-2H3,(H,26,28). The van der Waals surface area contributed by atoms with Crippen LogP contribution in [0, 0.1) is 13.8 Å². The Bertz CT molecular complexity index is 1210. The topological polar surface area (TPSA) is 88.6 Å². The maximum absolute atomic E-state index is 13.0. The second-order valence-electron chi connectivity index (χ2n) is 8.15. The van der Waals surface area contributed by atoms with Crippen LogP contribution in [-0.2, 0) is 21.4 Å². The van der Waals surface area contributed by atoms with Gasteiger partial charge in [0.2, 0.25) is 11.8 Å². The normalized spacial score (nSPS) is 17.0. The summed E-state index contributed by atoms with van der Waals surface area (Å²) in [6.07, 6.45) is 3.74. The third-order valence-electron chi connectivity index (χ3n) is 5.64. The first kappa shape index (κ1) is 23.4. The van der Waals surface area contributed by atoms with Gasteiger partial charge in [0, 0.05) is 25.4 Å². The van der Waals surface area contributed by atoms with Crippen molar-refractivity contribution in [3.63, 3.8) is 0 Å². The number of sulfonamides is 1. The highest BCUT2D eigenvalue weighted by Crippen LogP contribution is 2.28. The van der Waals surface area contributed by atoms with Gasteiger partial charge in [-0.05, 0) is 60.9 Å². The van der Waals surface area contributed by atoms with E-state index in [0.29, 0.717) is 18.8 Å². The van der Waals surface area contributed by atoms with Gasteiger partial charge in [0.25, 0.3) is 10.0 Å². The highest BCUT2D eigenvalue weighted by atomic mass is 32.2. The number of hydrogen-bond acceptors (Lipinski definition) is 6. The smallest absolute Gasteiger partial charge is 0.253 e. The van der Waals surface area contributed by atoms with Crippen molar-refractivity contribution in [3.8, 4) is 11.6 Å². The van der Waals surface area contributed by atoms with Crippen LogP contribution < -0.4 is 10.1 Å². The molecular formula is C24H27N3O4S2. The van der Waals surface area contributed by atoms with Crippen molar-refractivity contribution in [2.24, 2.45) is 0 Å². The minimum absolute atomic E-state index is 0.263. The first-order valence-electron chi connectivity index (χ1n) is 10.9. The predicted octanol–water partition coefficient (Wildman–Crippen LogP) is 4.41. The maximum atomic E-state index is 13.0. The molecule has 0 saturated carbocycles. The average Bonchev–Trinajstić information content (AvgIpc) is 3.37. The molecule has 1 aromatic carbocycles. The first-order chi connectivity index (χ1) is 15.8. The molecule has 0 spiro atoms. The van der Waals surface area contributed by atoms with Crippen molar-refractivity contribution >= 4 is 27.3 Å². The lowest BCUT2D eigenvalue weighted by atomic mass is 10.0. The van der Waals surface area contributed by atoms with Gasteiger partial charge >= 0.3 is 0 Å². The van der Waals surface area contributed by atoms with Crippen molar-refractivity contribution in [2.75, 3.05) is 6.54 Å². The van der Waals surface area contributed by atoms with E-state index in [2.05, 4.69) is 10.3 Å². The van der Waals surface area contributed by atoms with Crippen LogP contribution in [0.3, 0.4) is 0 Å². The molecule has 9 heteroatoms. The molecular weight excluding hydrogens is 458 g/mol. The van der Waals surface area contributed by atoms with Gasteiger partial charge in [-0.25, -0.2) is 13.4 Å². The summed E-state index contributed by atoms with van der Waals surface area (Å²) in [6.45, 7) is 4.60. The van der Waals surface area contributed by atoms with Gasteiger partial charge in [-0.15, -0.1) is 11.3 Å². The number of pyridine rings is 1. The number of aryl methyl sites for hydroxylation is 2. The van der Waals surface area contributed by atoms with Gasteiger partial charge in [0.15, 0.2) is 0 Å². The fraction of sp³-hybridized carbons (Fsp3) is 0.333. The number of rotatable bonds is 7. The summed E-state index contributed by atoms with van der Waals surface area (Å²) >= 11 is 1.17. The monoisotopic (exact) mass is 485 g/mol. The fourth-order valence-corrected chi connectivity index (χ4v) is 6.57. The van der Waals surface area contributed by atoms with E-state index >= 15 is 0 Å². The molecule has 174 valence electrons. The van der Waals surface area contributed by atoms with Crippen LogP contribution in [-0.4, -0.2) is 36.2 Å². The molecule has 0 bridgehead atoms. The molecule has 1 unspecified atom stereocenters. The zero-order valence-corrected chi connectivity index (χ0v) is 20.3. The number of hydrogen-bond donors (Lipinski definition) is 1. The number of nitrogens with one attached hydrogen (secondary N) is 1. The van der Waals surface area contributed by atoms with Crippen molar-refractivity contribution in [1.29, 1.82) is 0 Å². The number of nitrogens with zero attached hydrogens (tertiary/aromatic N) is 2. The van der Waals surface area contributed by atoms with E-state index < -0.39 is 16.1 Å². The lowest BCUT2D eigenvalue weighted by Gasteiger charge is -2.33. The molecule has 1 fully saturated rings. The molecule has 2 aromatic heterocycles. The van der Waals surface area contributed by atoms with Gasteiger partial charge in [-0.1, -0.05) is 30.7 Å². The van der Waals surface area contributed by atoms with Gasteiger partial charge in [0.1, 0.15) is 16.0 Å². The highest BCUT2D eigenvalue weighted by molar-refractivity contribution is 7.91. The summed E-state index contributed by atoms with van der Waals surface area (Å²) in [7, 11) is -3.68. The van der Waals surface area contributed by atoms with Gasteiger partial charge in [-0.3, -0.25) is 4.79 Å². The largest absolute Gasteiger partial charge is 0.439 e. The Balaban J connectivity index is 1.39. The van der Waals surface area contributed by atoms with Gasteiger partial charge in [0.05, 0.1) is 0 Å². The number of thiophene rings is 1. The van der Waals surface area contributed by atoms with E-state index in [1.54, 1.807) is 29.8 Å². The molecule has 1 atom stereocenters. The Morgan fingerprint density at radius 2 is 2.06 bits per heavy atom. The number of ether oxygens (including phenoxy) is 1. The molecule has 3 aromatic rings. The molecule has 1 N–H and O–H groups in total. The summed E-state index contributed by atoms with van der Waals surface area (Å²) in [4.78, 5) is 17.3. The second-order valence-corrected chi connectivity index (χ2v) is 11.2. The van der Waals surface area contributed by atoms with E-state index in [9.17, 15) is 13.2 Å². The number of carbonyl (C=O) groups is 1. The zero-order chi connectivity index (χ0) is 23.4. The molecule has 3 heterocycles. The quantitative estimate of drug-likeness (QED) is 0.535. The van der Waals surface area contributed by atoms with Crippen molar-refractivity contribution in [3.05, 3.63) is 70.7 Å². The Morgan fingerprint density at radius 3 is 2.79 bits per heavy atom. The van der Waals surface area contributed by atoms with Crippen LogP contribution in [0.15, 0.2) is 58.3 Å². The minimum atomic E-state index is -3.68. The lowest BCUT2D eigenvalue weighted by molar-refractivity contribution is -0.125. The van der Waals surface area contributed by atoms with Crippen LogP contribution in [0.5, 0.6) is 11.6 Å². The third-order valence-corrected chi connectivity index (χ3v) is 8.92. The lowest BCUT2D eigenvalue weighted by Crippen LogP contribution is -2.51. The fourth-order valence-electron chi connectivity index (χ4n) is 3.79. The minimum Gasteiger partial charge on any atom is -0.439 e. The zero-order valence-electron chi connectivity index (χ0n) is 18.7. The highest BCUT2D eigenvalue weighted by Gasteiger charge is 2.37. The van der Waals surface area contributed by atoms with E-state index in [-0.39, 0.29) is 16.7 Å². The van der Waals surface area contributed by atoms with Crippen LogP contribution >= 0.6 is 11.3 Å². The summed E-state index contributed by atoms with van der Waals surface area (Å²) in [5.41, 5.74) is 2.93. The number of amides is 1. The molecule has 0 radical (unpaired) electrons. The Kier molecular flexibility index (Phi) is 7.11. The molecule has 1 amide bonds. The third kappa shape index (κ3) is 5.43. The summed E-state index contributed by atoms with van der Waals surface area (Å²) in [5, 5.41) is 4.61. The van der Waals surface area contributed by atoms with E-state index in [0.717, 1.165) is 35.3 Å². The maximum Gasteiger partial charge on any atom is 0.253 e. The summed E-state index contributed by atoms with van der Waals surface area (Å²) < 4.78 is 33.5. The molecule has 1 aliphatic rings. The summed E-state index contributed by atoms with van der Waals surface area (Å²) in [6, 6.07) is 12.2. The summed E-state index contributed by atoms with van der Waals surface area (Å²) in [5.74, 6) is 0.942. The van der Waals surface area contributed by atoms with Crippen molar-refractivity contribution < 1.29 is 17.9 Å². The Hall–Kier alpha value is -2.75. The van der Waals surface area contributed by atoms with Crippen molar-refractivity contribution in [1.82, 2.24) is 14.6 Å². The SMILES string of the molecule is Cc1ccc(C)c(Oc2ccc(CNC(=O)C3CCCCN3S(=O)(=O)c3cccs3)cn2)c1. The van der Waals surface area contributed by atoms with Gasteiger partial charge in [-0.2, -0.15) is 4.31 Å². The van der Waals surface area contributed by atoms with E-state index in [1.807, 2.05) is 38.1 Å². The van der Waals surface area contributed by atoms with Crippen molar-refractivity contribution in [2.45, 2.75) is 49.9 Å². The Labute approximate surface area is 198 Å². The molecule has 4 rings (SSSR count). The van der Waals surface area contributed by atoms with Crippen LogP contribution in [0.1, 0.15) is 36.0 Å². The van der Waals surface area contributed by atoms with E-state index in [4.69, 9.17) is 4.74 Å². The number of aromatic nitrogens is 1. The molecule has 1 saturated heterocycles. The predicted molar refractivity (Wildman–Crippen MR) is 128 cm³/mol. The number of carbonyl (C=O) groups excluding carboxylic acids is 1. The van der Waals surface area contributed by atoms with E-state index in [1.165, 1.54) is 15.6 Å². The Morgan fingerprint density at radius 1 is 1.21 bits per heavy atom.